The Labute approximate surface area is 90.7 Å². The van der Waals surface area contributed by atoms with Gasteiger partial charge in [0.2, 0.25) is 0 Å². The van der Waals surface area contributed by atoms with E-state index in [1.165, 1.54) is 0 Å². The SMILES string of the molecule is CCCCCC([O])c1ccc(Cl)cc1. The van der Waals surface area contributed by atoms with Crippen molar-refractivity contribution in [3.63, 3.8) is 0 Å². The van der Waals surface area contributed by atoms with Crippen LogP contribution < -0.4 is 0 Å². The van der Waals surface area contributed by atoms with Crippen LogP contribution in [0.15, 0.2) is 24.3 Å². The largest absolute Gasteiger partial charge is 0.228 e. The molecule has 0 aliphatic heterocycles. The van der Waals surface area contributed by atoms with Crippen LogP contribution in [0.1, 0.15) is 44.3 Å². The number of unbranched alkanes of at least 4 members (excludes halogenated alkanes) is 2. The van der Waals surface area contributed by atoms with Crippen LogP contribution in [0.25, 0.3) is 0 Å². The normalized spacial score (nSPS) is 12.8. The lowest BCUT2D eigenvalue weighted by Crippen LogP contribution is -1.95. The van der Waals surface area contributed by atoms with E-state index >= 15 is 0 Å². The summed E-state index contributed by atoms with van der Waals surface area (Å²) in [4.78, 5) is 0. The van der Waals surface area contributed by atoms with Gasteiger partial charge < -0.3 is 0 Å². The molecule has 1 radical (unpaired) electrons. The van der Waals surface area contributed by atoms with Crippen molar-refractivity contribution in [2.45, 2.75) is 38.7 Å². The molecule has 0 saturated heterocycles. The van der Waals surface area contributed by atoms with Gasteiger partial charge in [0.1, 0.15) is 6.10 Å². The zero-order valence-electron chi connectivity index (χ0n) is 8.50. The third-order valence-electron chi connectivity index (χ3n) is 2.31. The molecule has 14 heavy (non-hydrogen) atoms. The first-order valence-electron chi connectivity index (χ1n) is 5.15. The molecule has 0 fully saturated rings. The number of hydrogen-bond acceptors (Lipinski definition) is 0. The molecular weight excluding hydrogens is 196 g/mol. The van der Waals surface area contributed by atoms with Crippen LogP contribution in [0.3, 0.4) is 0 Å². The fourth-order valence-electron chi connectivity index (χ4n) is 1.42. The monoisotopic (exact) mass is 211 g/mol. The molecule has 77 valence electrons. The van der Waals surface area contributed by atoms with Gasteiger partial charge in [-0.2, -0.15) is 0 Å². The minimum absolute atomic E-state index is 0.584. The molecule has 1 aromatic rings. The molecule has 0 saturated carbocycles. The second-order valence-electron chi connectivity index (χ2n) is 3.54. The highest BCUT2D eigenvalue weighted by Gasteiger charge is 2.08. The van der Waals surface area contributed by atoms with Crippen molar-refractivity contribution in [1.29, 1.82) is 0 Å². The highest BCUT2D eigenvalue weighted by atomic mass is 35.5. The summed E-state index contributed by atoms with van der Waals surface area (Å²) in [7, 11) is 0. The highest BCUT2D eigenvalue weighted by molar-refractivity contribution is 6.30. The fraction of sp³-hybridized carbons (Fsp3) is 0.500. The maximum Gasteiger partial charge on any atom is 0.118 e. The quantitative estimate of drug-likeness (QED) is 0.644. The Morgan fingerprint density at radius 2 is 1.86 bits per heavy atom. The molecule has 0 spiro atoms. The van der Waals surface area contributed by atoms with Crippen LogP contribution in [0.4, 0.5) is 0 Å². The maximum absolute atomic E-state index is 11.7. The minimum atomic E-state index is -0.584. The summed E-state index contributed by atoms with van der Waals surface area (Å²) in [5, 5.41) is 12.4. The Bertz CT molecular complexity index is 256. The molecule has 0 aliphatic carbocycles. The second-order valence-corrected chi connectivity index (χ2v) is 3.97. The first-order valence-corrected chi connectivity index (χ1v) is 5.53. The van der Waals surface area contributed by atoms with Crippen molar-refractivity contribution >= 4 is 11.6 Å². The molecule has 1 rings (SSSR count). The summed E-state index contributed by atoms with van der Waals surface area (Å²) in [6, 6.07) is 7.21. The van der Waals surface area contributed by atoms with Crippen LogP contribution in [0.5, 0.6) is 0 Å². The molecule has 1 nitrogen and oxygen atoms in total. The zero-order valence-corrected chi connectivity index (χ0v) is 9.26. The van der Waals surface area contributed by atoms with Crippen molar-refractivity contribution < 1.29 is 5.11 Å². The van der Waals surface area contributed by atoms with Crippen molar-refractivity contribution in [2.75, 3.05) is 0 Å². The first-order chi connectivity index (χ1) is 6.74. The van der Waals surface area contributed by atoms with Crippen molar-refractivity contribution in [1.82, 2.24) is 0 Å². The van der Waals surface area contributed by atoms with Gasteiger partial charge in [0.05, 0.1) is 0 Å². The summed E-state index contributed by atoms with van der Waals surface area (Å²) in [5.41, 5.74) is 0.852. The average Bonchev–Trinajstić information content (AvgIpc) is 2.19. The van der Waals surface area contributed by atoms with Gasteiger partial charge in [-0.15, -0.1) is 0 Å². The number of rotatable bonds is 5. The molecule has 2 heteroatoms. The smallest absolute Gasteiger partial charge is 0.118 e. The summed E-state index contributed by atoms with van der Waals surface area (Å²) in [5.74, 6) is 0. The minimum Gasteiger partial charge on any atom is -0.228 e. The topological polar surface area (TPSA) is 19.9 Å². The van der Waals surface area contributed by atoms with E-state index in [0.29, 0.717) is 5.02 Å². The lowest BCUT2D eigenvalue weighted by molar-refractivity contribution is 0.0787. The summed E-state index contributed by atoms with van der Waals surface area (Å²) in [6.07, 6.45) is 3.47. The summed E-state index contributed by atoms with van der Waals surface area (Å²) in [6.45, 7) is 2.14. The van der Waals surface area contributed by atoms with Gasteiger partial charge in [0.25, 0.3) is 0 Å². The number of benzene rings is 1. The van der Waals surface area contributed by atoms with Gasteiger partial charge in [-0.05, 0) is 24.1 Å². The van der Waals surface area contributed by atoms with E-state index in [2.05, 4.69) is 6.92 Å². The molecule has 1 unspecified atom stereocenters. The van der Waals surface area contributed by atoms with Gasteiger partial charge >= 0.3 is 0 Å². The van der Waals surface area contributed by atoms with E-state index in [1.807, 2.05) is 12.1 Å². The zero-order chi connectivity index (χ0) is 10.4. The maximum atomic E-state index is 11.7. The van der Waals surface area contributed by atoms with Gasteiger partial charge in [-0.25, -0.2) is 5.11 Å². The van der Waals surface area contributed by atoms with E-state index in [4.69, 9.17) is 11.6 Å². The van der Waals surface area contributed by atoms with Gasteiger partial charge in [-0.3, -0.25) is 0 Å². The van der Waals surface area contributed by atoms with Crippen LogP contribution in [0.2, 0.25) is 5.02 Å². The van der Waals surface area contributed by atoms with E-state index in [1.54, 1.807) is 12.1 Å². The standard InChI is InChI=1S/C12H16ClO/c1-2-3-4-5-12(14)10-6-8-11(13)9-7-10/h6-9,12H,2-5H2,1H3. The van der Waals surface area contributed by atoms with Crippen molar-refractivity contribution in [2.24, 2.45) is 0 Å². The molecule has 0 heterocycles. The Morgan fingerprint density at radius 3 is 2.43 bits per heavy atom. The van der Waals surface area contributed by atoms with E-state index in [9.17, 15) is 5.11 Å². The predicted octanol–water partition coefficient (Wildman–Crippen LogP) is 4.39. The molecule has 0 aliphatic rings. The summed E-state index contributed by atoms with van der Waals surface area (Å²) < 4.78 is 0. The summed E-state index contributed by atoms with van der Waals surface area (Å²) >= 11 is 5.74. The Balaban J connectivity index is 2.43. The molecule has 0 N–H and O–H groups in total. The molecule has 1 aromatic carbocycles. The van der Waals surface area contributed by atoms with E-state index in [0.717, 1.165) is 31.2 Å². The second kappa shape index (κ2) is 6.05. The molecule has 0 amide bonds. The molecular formula is C12H16ClO. The Kier molecular flexibility index (Phi) is 4.99. The van der Waals surface area contributed by atoms with Crippen LogP contribution in [-0.4, -0.2) is 0 Å². The van der Waals surface area contributed by atoms with Crippen LogP contribution >= 0.6 is 11.6 Å². The fourth-order valence-corrected chi connectivity index (χ4v) is 1.55. The van der Waals surface area contributed by atoms with E-state index in [-0.39, 0.29) is 0 Å². The van der Waals surface area contributed by atoms with Gasteiger partial charge in [0.15, 0.2) is 0 Å². The third-order valence-corrected chi connectivity index (χ3v) is 2.56. The lowest BCUT2D eigenvalue weighted by atomic mass is 10.0. The number of hydrogen-bond donors (Lipinski definition) is 0. The highest BCUT2D eigenvalue weighted by Crippen LogP contribution is 2.21. The van der Waals surface area contributed by atoms with Crippen molar-refractivity contribution in [3.05, 3.63) is 34.9 Å². The lowest BCUT2D eigenvalue weighted by Gasteiger charge is -2.07. The van der Waals surface area contributed by atoms with Gasteiger partial charge in [0, 0.05) is 5.02 Å². The molecule has 1 atom stereocenters. The Morgan fingerprint density at radius 1 is 1.21 bits per heavy atom. The molecule has 0 aromatic heterocycles. The van der Waals surface area contributed by atoms with E-state index < -0.39 is 6.10 Å². The number of halogens is 1. The van der Waals surface area contributed by atoms with Crippen LogP contribution in [-0.2, 0) is 5.11 Å². The van der Waals surface area contributed by atoms with Crippen molar-refractivity contribution in [3.8, 4) is 0 Å². The van der Waals surface area contributed by atoms with Gasteiger partial charge in [-0.1, -0.05) is 49.9 Å². The molecule has 0 bridgehead atoms. The Hall–Kier alpha value is -0.530. The predicted molar refractivity (Wildman–Crippen MR) is 59.0 cm³/mol. The average molecular weight is 212 g/mol. The van der Waals surface area contributed by atoms with Crippen LogP contribution in [0, 0.1) is 0 Å². The first kappa shape index (κ1) is 11.5. The third kappa shape index (κ3) is 3.69.